The van der Waals surface area contributed by atoms with Crippen molar-refractivity contribution in [2.24, 2.45) is 0 Å². The fourth-order valence-corrected chi connectivity index (χ4v) is 3.72. The summed E-state index contributed by atoms with van der Waals surface area (Å²) in [5.74, 6) is 0. The minimum absolute atomic E-state index is 0.305. The zero-order valence-corrected chi connectivity index (χ0v) is 13.1. The van der Waals surface area contributed by atoms with Gasteiger partial charge in [-0.25, -0.2) is 0 Å². The molecule has 0 aromatic rings. The molecule has 0 aromatic carbocycles. The smallest absolute Gasteiger partial charge is 0.0478 e. The fourth-order valence-electron chi connectivity index (χ4n) is 3.72. The average Bonchev–Trinajstić information content (AvgIpc) is 2.89. The van der Waals surface area contributed by atoms with Crippen LogP contribution < -0.4 is 5.32 Å². The van der Waals surface area contributed by atoms with Gasteiger partial charge in [-0.2, -0.15) is 0 Å². The van der Waals surface area contributed by atoms with E-state index in [2.05, 4.69) is 31.0 Å². The van der Waals surface area contributed by atoms with Crippen LogP contribution in [0.5, 0.6) is 0 Å². The summed E-state index contributed by atoms with van der Waals surface area (Å²) < 4.78 is 5.51. The molecule has 112 valence electrons. The number of rotatable bonds is 6. The minimum Gasteiger partial charge on any atom is -0.382 e. The van der Waals surface area contributed by atoms with Gasteiger partial charge in [0.1, 0.15) is 0 Å². The third kappa shape index (κ3) is 3.50. The summed E-state index contributed by atoms with van der Waals surface area (Å²) in [5.41, 5.74) is 0.764. The lowest BCUT2D eigenvalue weighted by Gasteiger charge is -2.52. The Kier molecular flexibility index (Phi) is 5.27. The van der Waals surface area contributed by atoms with Crippen LogP contribution in [0.25, 0.3) is 0 Å². The predicted octanol–water partition coefficient (Wildman–Crippen LogP) is 2.80. The Morgan fingerprint density at radius 2 is 1.95 bits per heavy atom. The zero-order valence-electron chi connectivity index (χ0n) is 13.1. The van der Waals surface area contributed by atoms with Gasteiger partial charge in [0.25, 0.3) is 0 Å². The maximum atomic E-state index is 5.51. The van der Waals surface area contributed by atoms with Crippen LogP contribution >= 0.6 is 0 Å². The van der Waals surface area contributed by atoms with Crippen LogP contribution in [0.15, 0.2) is 0 Å². The summed E-state index contributed by atoms with van der Waals surface area (Å²) in [5, 5.41) is 3.84. The minimum atomic E-state index is 0.305. The lowest BCUT2D eigenvalue weighted by molar-refractivity contribution is 0.00502. The molecule has 0 aromatic heterocycles. The number of nitrogens with one attached hydrogen (secondary N) is 1. The highest BCUT2D eigenvalue weighted by Gasteiger charge is 2.45. The van der Waals surface area contributed by atoms with Crippen molar-refractivity contribution >= 4 is 0 Å². The Morgan fingerprint density at radius 3 is 2.58 bits per heavy atom. The first-order chi connectivity index (χ1) is 9.14. The van der Waals surface area contributed by atoms with E-state index in [9.17, 15) is 0 Å². The first-order valence-corrected chi connectivity index (χ1v) is 8.22. The fraction of sp³-hybridized carbons (Fsp3) is 1.00. The number of nitrogens with zero attached hydrogens (tertiary/aromatic N) is 1. The standard InChI is InChI=1S/C16H32N2O/c1-4-15(3)14-18(11-8-12-19-5-2)16(13-17-15)9-6-7-10-16/h17H,4-14H2,1-3H3. The highest BCUT2D eigenvalue weighted by molar-refractivity contribution is 5.05. The molecule has 3 nitrogen and oxygen atoms in total. The lowest BCUT2D eigenvalue weighted by atomic mass is 9.85. The largest absolute Gasteiger partial charge is 0.382 e. The molecule has 1 saturated heterocycles. The SMILES string of the molecule is CCOCCCN1CC(C)(CC)NCC12CCCC2. The maximum absolute atomic E-state index is 5.51. The first-order valence-electron chi connectivity index (χ1n) is 8.22. The summed E-state index contributed by atoms with van der Waals surface area (Å²) >= 11 is 0. The van der Waals surface area contributed by atoms with Crippen molar-refractivity contribution in [1.82, 2.24) is 10.2 Å². The molecule has 1 saturated carbocycles. The van der Waals surface area contributed by atoms with Gasteiger partial charge >= 0.3 is 0 Å². The van der Waals surface area contributed by atoms with E-state index in [1.54, 1.807) is 0 Å². The van der Waals surface area contributed by atoms with Crippen molar-refractivity contribution in [2.75, 3.05) is 32.8 Å². The van der Waals surface area contributed by atoms with E-state index < -0.39 is 0 Å². The molecule has 0 radical (unpaired) electrons. The second-order valence-corrected chi connectivity index (χ2v) is 6.67. The Morgan fingerprint density at radius 1 is 1.21 bits per heavy atom. The molecule has 3 heteroatoms. The van der Waals surface area contributed by atoms with E-state index in [4.69, 9.17) is 4.74 Å². The van der Waals surface area contributed by atoms with E-state index in [0.29, 0.717) is 11.1 Å². The Balaban J connectivity index is 1.95. The third-order valence-corrected chi connectivity index (χ3v) is 5.29. The van der Waals surface area contributed by atoms with Gasteiger partial charge < -0.3 is 10.1 Å². The lowest BCUT2D eigenvalue weighted by Crippen LogP contribution is -2.68. The van der Waals surface area contributed by atoms with Crippen molar-refractivity contribution < 1.29 is 4.74 Å². The van der Waals surface area contributed by atoms with Gasteiger partial charge in [-0.3, -0.25) is 4.90 Å². The van der Waals surface area contributed by atoms with E-state index in [1.807, 2.05) is 0 Å². The Hall–Kier alpha value is -0.120. The number of piperazine rings is 1. The second-order valence-electron chi connectivity index (χ2n) is 6.67. The van der Waals surface area contributed by atoms with Gasteiger partial charge in [0, 0.05) is 43.9 Å². The van der Waals surface area contributed by atoms with Gasteiger partial charge in [-0.15, -0.1) is 0 Å². The van der Waals surface area contributed by atoms with Crippen molar-refractivity contribution in [3.63, 3.8) is 0 Å². The molecular weight excluding hydrogens is 236 g/mol. The molecule has 0 bridgehead atoms. The van der Waals surface area contributed by atoms with E-state index in [-0.39, 0.29) is 0 Å². The molecule has 1 aliphatic carbocycles. The third-order valence-electron chi connectivity index (χ3n) is 5.29. The second kappa shape index (κ2) is 6.55. The van der Waals surface area contributed by atoms with Gasteiger partial charge in [0.05, 0.1) is 0 Å². The molecule has 1 N–H and O–H groups in total. The van der Waals surface area contributed by atoms with E-state index >= 15 is 0 Å². The molecule has 1 heterocycles. The van der Waals surface area contributed by atoms with Crippen molar-refractivity contribution in [2.45, 2.75) is 70.4 Å². The highest BCUT2D eigenvalue weighted by Crippen LogP contribution is 2.39. The summed E-state index contributed by atoms with van der Waals surface area (Å²) in [6.07, 6.45) is 7.97. The zero-order chi connectivity index (χ0) is 13.8. The number of ether oxygens (including phenoxy) is 1. The van der Waals surface area contributed by atoms with Crippen molar-refractivity contribution in [3.05, 3.63) is 0 Å². The van der Waals surface area contributed by atoms with E-state index in [0.717, 1.165) is 13.2 Å². The topological polar surface area (TPSA) is 24.5 Å². The molecule has 0 amide bonds. The predicted molar refractivity (Wildman–Crippen MR) is 80.6 cm³/mol. The first kappa shape index (κ1) is 15.3. The van der Waals surface area contributed by atoms with Crippen molar-refractivity contribution in [1.29, 1.82) is 0 Å². The Labute approximate surface area is 119 Å². The van der Waals surface area contributed by atoms with Gasteiger partial charge in [0.2, 0.25) is 0 Å². The van der Waals surface area contributed by atoms with Gasteiger partial charge in [-0.05, 0) is 39.5 Å². The van der Waals surface area contributed by atoms with E-state index in [1.165, 1.54) is 58.2 Å². The summed E-state index contributed by atoms with van der Waals surface area (Å²) in [4.78, 5) is 2.79. The van der Waals surface area contributed by atoms with Crippen LogP contribution in [0.2, 0.25) is 0 Å². The quantitative estimate of drug-likeness (QED) is 0.750. The molecule has 2 fully saturated rings. The summed E-state index contributed by atoms with van der Waals surface area (Å²) in [7, 11) is 0. The van der Waals surface area contributed by atoms with Gasteiger partial charge in [-0.1, -0.05) is 19.8 Å². The molecule has 19 heavy (non-hydrogen) atoms. The molecule has 2 rings (SSSR count). The van der Waals surface area contributed by atoms with Crippen molar-refractivity contribution in [3.8, 4) is 0 Å². The molecule has 1 spiro atoms. The molecule has 1 unspecified atom stereocenters. The summed E-state index contributed by atoms with van der Waals surface area (Å²) in [6.45, 7) is 12.1. The van der Waals surface area contributed by atoms with Gasteiger partial charge in [0.15, 0.2) is 0 Å². The molecule has 2 aliphatic rings. The molecule has 1 atom stereocenters. The molecule has 1 aliphatic heterocycles. The van der Waals surface area contributed by atoms with Crippen LogP contribution in [-0.4, -0.2) is 48.8 Å². The van der Waals surface area contributed by atoms with Crippen LogP contribution in [0, 0.1) is 0 Å². The molecular formula is C16H32N2O. The van der Waals surface area contributed by atoms with Crippen LogP contribution in [-0.2, 0) is 4.74 Å². The maximum Gasteiger partial charge on any atom is 0.0478 e. The normalized spacial score (nSPS) is 31.1. The van der Waals surface area contributed by atoms with Crippen LogP contribution in [0.1, 0.15) is 59.3 Å². The van der Waals surface area contributed by atoms with Crippen LogP contribution in [0.4, 0.5) is 0 Å². The summed E-state index contributed by atoms with van der Waals surface area (Å²) in [6, 6.07) is 0. The Bertz CT molecular complexity index is 276. The highest BCUT2D eigenvalue weighted by atomic mass is 16.5. The monoisotopic (exact) mass is 268 g/mol. The number of hydrogen-bond donors (Lipinski definition) is 1. The van der Waals surface area contributed by atoms with Crippen LogP contribution in [0.3, 0.4) is 0 Å². The number of hydrogen-bond acceptors (Lipinski definition) is 3. The average molecular weight is 268 g/mol.